The molecule has 2 N–H and O–H groups in total. The molecule has 114 valence electrons. The van der Waals surface area contributed by atoms with Crippen LogP contribution in [0, 0.1) is 11.2 Å². The molecule has 1 aromatic rings. The molecule has 0 radical (unpaired) electrons. The van der Waals surface area contributed by atoms with Gasteiger partial charge in [-0.15, -0.1) is 0 Å². The molecular weight excluding hydrogens is 365 g/mol. The van der Waals surface area contributed by atoms with Crippen LogP contribution in [0.25, 0.3) is 0 Å². The van der Waals surface area contributed by atoms with Crippen molar-refractivity contribution in [3.05, 3.63) is 27.4 Å². The van der Waals surface area contributed by atoms with Crippen LogP contribution >= 0.6 is 27.5 Å². The molecule has 0 bridgehead atoms. The van der Waals surface area contributed by atoms with Crippen LogP contribution in [0.1, 0.15) is 32.1 Å². The summed E-state index contributed by atoms with van der Waals surface area (Å²) in [6.45, 7) is 0. The Morgan fingerprint density at radius 2 is 2.00 bits per heavy atom. The molecule has 1 aliphatic rings. The third kappa shape index (κ3) is 3.55. The highest BCUT2D eigenvalue weighted by molar-refractivity contribution is 9.10. The van der Waals surface area contributed by atoms with E-state index in [0.29, 0.717) is 17.3 Å². The maximum Gasteiger partial charge on any atom is 0.310 e. The lowest BCUT2D eigenvalue weighted by molar-refractivity contribution is -0.150. The summed E-state index contributed by atoms with van der Waals surface area (Å²) in [6.07, 6.45) is 2.49. The van der Waals surface area contributed by atoms with Crippen LogP contribution in [0.2, 0.25) is 5.02 Å². The number of benzene rings is 1. The minimum Gasteiger partial charge on any atom is -0.481 e. The Hall–Kier alpha value is -1.14. The van der Waals surface area contributed by atoms with E-state index in [9.17, 15) is 19.1 Å². The summed E-state index contributed by atoms with van der Waals surface area (Å²) in [5.41, 5.74) is -0.745. The lowest BCUT2D eigenvalue weighted by atomic mass is 9.82. The largest absolute Gasteiger partial charge is 0.481 e. The van der Waals surface area contributed by atoms with E-state index in [1.807, 2.05) is 0 Å². The zero-order chi connectivity index (χ0) is 15.6. The van der Waals surface area contributed by atoms with Gasteiger partial charge in [-0.1, -0.05) is 24.4 Å². The van der Waals surface area contributed by atoms with Crippen molar-refractivity contribution in [3.8, 4) is 0 Å². The summed E-state index contributed by atoms with van der Waals surface area (Å²) in [5.74, 6) is -1.91. The van der Waals surface area contributed by atoms with Crippen molar-refractivity contribution < 1.29 is 19.1 Å². The first-order valence-corrected chi connectivity index (χ1v) is 7.69. The van der Waals surface area contributed by atoms with Crippen LogP contribution in [0.15, 0.2) is 16.6 Å². The van der Waals surface area contributed by atoms with Gasteiger partial charge in [-0.2, -0.15) is 0 Å². The molecule has 2 rings (SSSR count). The van der Waals surface area contributed by atoms with Crippen molar-refractivity contribution in [2.24, 2.45) is 5.41 Å². The first-order chi connectivity index (χ1) is 9.84. The maximum atomic E-state index is 13.1. The molecule has 0 atom stereocenters. The topological polar surface area (TPSA) is 66.4 Å². The van der Waals surface area contributed by atoms with Gasteiger partial charge in [0, 0.05) is 10.9 Å². The maximum absolute atomic E-state index is 13.1. The van der Waals surface area contributed by atoms with E-state index in [1.165, 1.54) is 6.07 Å². The molecule has 4 nitrogen and oxygen atoms in total. The SMILES string of the molecule is O=C(CC1(C(=O)O)CCCC1)Nc1c(Cl)cc(F)cc1Br. The summed E-state index contributed by atoms with van der Waals surface area (Å²) in [6, 6.07) is 2.27. The quantitative estimate of drug-likeness (QED) is 0.824. The van der Waals surface area contributed by atoms with Crippen molar-refractivity contribution >= 4 is 45.1 Å². The van der Waals surface area contributed by atoms with Gasteiger partial charge in [-0.3, -0.25) is 9.59 Å². The van der Waals surface area contributed by atoms with Crippen molar-refractivity contribution in [3.63, 3.8) is 0 Å². The molecule has 1 amide bonds. The van der Waals surface area contributed by atoms with Crippen LogP contribution in [0.3, 0.4) is 0 Å². The molecule has 1 saturated carbocycles. The molecule has 0 saturated heterocycles. The average Bonchev–Trinajstić information content (AvgIpc) is 2.83. The van der Waals surface area contributed by atoms with Gasteiger partial charge in [0.25, 0.3) is 0 Å². The number of hydrogen-bond donors (Lipinski definition) is 2. The lowest BCUT2D eigenvalue weighted by Gasteiger charge is -2.23. The standard InChI is InChI=1S/C14H14BrClFNO3/c15-9-5-8(17)6-10(16)12(9)18-11(19)7-14(13(20)21)3-1-2-4-14/h5-6H,1-4,7H2,(H,18,19)(H,20,21). The van der Waals surface area contributed by atoms with Crippen molar-refractivity contribution in [2.45, 2.75) is 32.1 Å². The Balaban J connectivity index is 2.14. The first kappa shape index (κ1) is 16.2. The number of carbonyl (C=O) groups is 2. The third-order valence-electron chi connectivity index (χ3n) is 3.78. The zero-order valence-corrected chi connectivity index (χ0v) is 13.4. The van der Waals surface area contributed by atoms with E-state index < -0.39 is 23.1 Å². The van der Waals surface area contributed by atoms with Gasteiger partial charge in [0.15, 0.2) is 0 Å². The second-order valence-corrected chi connectivity index (χ2v) is 6.52. The fourth-order valence-electron chi connectivity index (χ4n) is 2.67. The van der Waals surface area contributed by atoms with Crippen molar-refractivity contribution in [2.75, 3.05) is 5.32 Å². The number of rotatable bonds is 4. The van der Waals surface area contributed by atoms with E-state index in [1.54, 1.807) is 0 Å². The number of carbonyl (C=O) groups excluding carboxylic acids is 1. The predicted molar refractivity (Wildman–Crippen MR) is 80.9 cm³/mol. The first-order valence-electron chi connectivity index (χ1n) is 6.52. The highest BCUT2D eigenvalue weighted by Crippen LogP contribution is 2.42. The Morgan fingerprint density at radius 1 is 1.38 bits per heavy atom. The summed E-state index contributed by atoms with van der Waals surface area (Å²) in [5, 5.41) is 12.0. The van der Waals surface area contributed by atoms with Gasteiger partial charge in [0.05, 0.1) is 16.1 Å². The molecule has 21 heavy (non-hydrogen) atoms. The Morgan fingerprint density at radius 3 is 2.52 bits per heavy atom. The number of carboxylic acids is 1. The fourth-order valence-corrected chi connectivity index (χ4v) is 3.57. The summed E-state index contributed by atoms with van der Waals surface area (Å²) in [4.78, 5) is 23.5. The number of amides is 1. The number of halogens is 3. The van der Waals surface area contributed by atoms with Crippen LogP contribution in [0.5, 0.6) is 0 Å². The van der Waals surface area contributed by atoms with E-state index in [-0.39, 0.29) is 17.1 Å². The molecule has 0 aromatic heterocycles. The lowest BCUT2D eigenvalue weighted by Crippen LogP contribution is -2.32. The van der Waals surface area contributed by atoms with Crippen LogP contribution in [0.4, 0.5) is 10.1 Å². The van der Waals surface area contributed by atoms with Crippen LogP contribution in [-0.4, -0.2) is 17.0 Å². The molecule has 0 spiro atoms. The van der Waals surface area contributed by atoms with Gasteiger partial charge >= 0.3 is 5.97 Å². The Kier molecular flexibility index (Phi) is 4.88. The highest BCUT2D eigenvalue weighted by atomic mass is 79.9. The summed E-state index contributed by atoms with van der Waals surface area (Å²) >= 11 is 9.02. The van der Waals surface area contributed by atoms with Gasteiger partial charge in [0.2, 0.25) is 5.91 Å². The highest BCUT2D eigenvalue weighted by Gasteiger charge is 2.43. The molecular formula is C14H14BrClFNO3. The monoisotopic (exact) mass is 377 g/mol. The zero-order valence-electron chi connectivity index (χ0n) is 11.1. The molecule has 1 aromatic carbocycles. The van der Waals surface area contributed by atoms with Crippen molar-refractivity contribution in [1.82, 2.24) is 0 Å². The molecule has 1 fully saturated rings. The molecule has 0 unspecified atom stereocenters. The van der Waals surface area contributed by atoms with Gasteiger partial charge in [-0.05, 0) is 40.9 Å². The van der Waals surface area contributed by atoms with Gasteiger partial charge < -0.3 is 10.4 Å². The average molecular weight is 379 g/mol. The Bertz CT molecular complexity index is 565. The second kappa shape index (κ2) is 6.32. The number of aliphatic carboxylic acids is 1. The Labute approximate surface area is 134 Å². The summed E-state index contributed by atoms with van der Waals surface area (Å²) in [7, 11) is 0. The van der Waals surface area contributed by atoms with Crippen LogP contribution in [-0.2, 0) is 9.59 Å². The molecule has 0 aliphatic heterocycles. The van der Waals surface area contributed by atoms with Gasteiger partial charge in [0.1, 0.15) is 5.82 Å². The van der Waals surface area contributed by atoms with E-state index in [2.05, 4.69) is 21.2 Å². The summed E-state index contributed by atoms with van der Waals surface area (Å²) < 4.78 is 13.5. The predicted octanol–water partition coefficient (Wildman–Crippen LogP) is 4.22. The molecule has 1 aliphatic carbocycles. The van der Waals surface area contributed by atoms with E-state index in [0.717, 1.165) is 18.9 Å². The van der Waals surface area contributed by atoms with E-state index in [4.69, 9.17) is 11.6 Å². The number of hydrogen-bond acceptors (Lipinski definition) is 2. The fraction of sp³-hybridized carbons (Fsp3) is 0.429. The smallest absolute Gasteiger partial charge is 0.310 e. The van der Waals surface area contributed by atoms with Crippen molar-refractivity contribution in [1.29, 1.82) is 0 Å². The normalized spacial score (nSPS) is 16.7. The number of anilines is 1. The number of nitrogens with one attached hydrogen (secondary N) is 1. The second-order valence-electron chi connectivity index (χ2n) is 5.26. The van der Waals surface area contributed by atoms with Gasteiger partial charge in [-0.25, -0.2) is 4.39 Å². The minimum absolute atomic E-state index is 0.0611. The minimum atomic E-state index is -0.997. The molecule has 7 heteroatoms. The third-order valence-corrected chi connectivity index (χ3v) is 4.71. The van der Waals surface area contributed by atoms with E-state index >= 15 is 0 Å². The van der Waals surface area contributed by atoms with Crippen LogP contribution < -0.4 is 5.32 Å². The molecule has 0 heterocycles. The number of carboxylic acid groups (broad SMARTS) is 1.